The maximum absolute atomic E-state index is 12.6. The third kappa shape index (κ3) is 4.18. The second-order valence-corrected chi connectivity index (χ2v) is 9.66. The third-order valence-electron chi connectivity index (χ3n) is 3.82. The summed E-state index contributed by atoms with van der Waals surface area (Å²) in [5.74, 6) is 0. The first kappa shape index (κ1) is 19.1. The summed E-state index contributed by atoms with van der Waals surface area (Å²) in [6, 6.07) is 11.4. The van der Waals surface area contributed by atoms with Gasteiger partial charge in [-0.15, -0.1) is 0 Å². The van der Waals surface area contributed by atoms with Crippen molar-refractivity contribution in [2.45, 2.75) is 9.79 Å². The largest absolute Gasteiger partial charge is 0.379 e. The summed E-state index contributed by atoms with van der Waals surface area (Å²) in [6.45, 7) is 1.24. The summed E-state index contributed by atoms with van der Waals surface area (Å²) >= 11 is 5.85. The molecule has 0 spiro atoms. The molecule has 2 aromatic rings. The third-order valence-corrected chi connectivity index (χ3v) is 7.36. The van der Waals surface area contributed by atoms with Crippen LogP contribution in [0, 0.1) is 0 Å². The smallest absolute Gasteiger partial charge is 0.261 e. The van der Waals surface area contributed by atoms with Crippen molar-refractivity contribution in [1.82, 2.24) is 4.31 Å². The summed E-state index contributed by atoms with van der Waals surface area (Å²) in [5.41, 5.74) is 0.322. The number of anilines is 1. The van der Waals surface area contributed by atoms with Crippen LogP contribution in [0.25, 0.3) is 0 Å². The van der Waals surface area contributed by atoms with E-state index in [2.05, 4.69) is 4.72 Å². The van der Waals surface area contributed by atoms with Crippen LogP contribution in [0.15, 0.2) is 58.3 Å². The molecule has 0 aliphatic carbocycles. The molecular formula is C16H17ClN2O5S2. The Bertz CT molecular complexity index is 986. The number of hydrogen-bond donors (Lipinski definition) is 1. The molecule has 0 aromatic heterocycles. The van der Waals surface area contributed by atoms with E-state index in [1.54, 1.807) is 18.2 Å². The van der Waals surface area contributed by atoms with Gasteiger partial charge in [0.1, 0.15) is 0 Å². The molecule has 2 aromatic carbocycles. The van der Waals surface area contributed by atoms with Crippen molar-refractivity contribution in [3.8, 4) is 0 Å². The zero-order valence-electron chi connectivity index (χ0n) is 13.6. The lowest BCUT2D eigenvalue weighted by molar-refractivity contribution is 0.0730. The van der Waals surface area contributed by atoms with Crippen LogP contribution in [0.5, 0.6) is 0 Å². The van der Waals surface area contributed by atoms with E-state index in [-0.39, 0.29) is 22.9 Å². The molecule has 1 N–H and O–H groups in total. The van der Waals surface area contributed by atoms with Crippen molar-refractivity contribution in [3.05, 3.63) is 53.6 Å². The molecule has 26 heavy (non-hydrogen) atoms. The Morgan fingerprint density at radius 1 is 0.923 bits per heavy atom. The van der Waals surface area contributed by atoms with Gasteiger partial charge in [-0.05, 0) is 42.5 Å². The SMILES string of the molecule is O=S(=O)(Nc1cccc(Cl)c1)c1ccc(S(=O)(=O)N2CCOCC2)cc1. The van der Waals surface area contributed by atoms with E-state index in [1.807, 2.05) is 0 Å². The molecule has 10 heteroatoms. The molecule has 1 aliphatic rings. The van der Waals surface area contributed by atoms with E-state index in [0.29, 0.717) is 23.9 Å². The van der Waals surface area contributed by atoms with Gasteiger partial charge in [0, 0.05) is 18.1 Å². The van der Waals surface area contributed by atoms with Gasteiger partial charge in [-0.25, -0.2) is 16.8 Å². The van der Waals surface area contributed by atoms with Crippen LogP contribution < -0.4 is 4.72 Å². The molecule has 0 unspecified atom stereocenters. The van der Waals surface area contributed by atoms with Gasteiger partial charge >= 0.3 is 0 Å². The summed E-state index contributed by atoms with van der Waals surface area (Å²) < 4.78 is 58.9. The lowest BCUT2D eigenvalue weighted by Gasteiger charge is -2.26. The quantitative estimate of drug-likeness (QED) is 0.806. The van der Waals surface area contributed by atoms with Crippen molar-refractivity contribution in [2.24, 2.45) is 0 Å². The molecule has 0 saturated carbocycles. The molecule has 7 nitrogen and oxygen atoms in total. The van der Waals surface area contributed by atoms with E-state index >= 15 is 0 Å². The molecule has 0 radical (unpaired) electrons. The minimum atomic E-state index is -3.85. The van der Waals surface area contributed by atoms with Crippen LogP contribution in [-0.2, 0) is 24.8 Å². The Hall–Kier alpha value is -1.65. The van der Waals surface area contributed by atoms with Gasteiger partial charge < -0.3 is 4.74 Å². The van der Waals surface area contributed by atoms with Gasteiger partial charge in [0.15, 0.2) is 0 Å². The van der Waals surface area contributed by atoms with Crippen LogP contribution in [0.4, 0.5) is 5.69 Å². The molecule has 140 valence electrons. The maximum Gasteiger partial charge on any atom is 0.261 e. The Balaban J connectivity index is 1.82. The Kier molecular flexibility index (Phi) is 5.54. The lowest BCUT2D eigenvalue weighted by Crippen LogP contribution is -2.40. The van der Waals surface area contributed by atoms with Gasteiger partial charge in [-0.3, -0.25) is 4.72 Å². The van der Waals surface area contributed by atoms with Crippen LogP contribution in [0.3, 0.4) is 0 Å². The van der Waals surface area contributed by atoms with Crippen LogP contribution in [-0.4, -0.2) is 47.4 Å². The number of halogens is 1. The van der Waals surface area contributed by atoms with Crippen molar-refractivity contribution < 1.29 is 21.6 Å². The minimum Gasteiger partial charge on any atom is -0.379 e. The van der Waals surface area contributed by atoms with Crippen molar-refractivity contribution >= 4 is 37.3 Å². The van der Waals surface area contributed by atoms with Crippen LogP contribution in [0.2, 0.25) is 5.02 Å². The summed E-state index contributed by atoms with van der Waals surface area (Å²) in [7, 11) is -7.52. The number of morpholine rings is 1. The summed E-state index contributed by atoms with van der Waals surface area (Å²) in [5, 5.41) is 0.400. The molecule has 3 rings (SSSR count). The average molecular weight is 417 g/mol. The fourth-order valence-corrected chi connectivity index (χ4v) is 5.14. The maximum atomic E-state index is 12.6. The number of hydrogen-bond acceptors (Lipinski definition) is 5. The predicted octanol–water partition coefficient (Wildman–Crippen LogP) is 2.16. The average Bonchev–Trinajstić information content (AvgIpc) is 2.62. The van der Waals surface area contributed by atoms with Gasteiger partial charge in [0.25, 0.3) is 10.0 Å². The monoisotopic (exact) mass is 416 g/mol. The van der Waals surface area contributed by atoms with Crippen molar-refractivity contribution in [1.29, 1.82) is 0 Å². The van der Waals surface area contributed by atoms with Gasteiger partial charge in [-0.1, -0.05) is 17.7 Å². The summed E-state index contributed by atoms with van der Waals surface area (Å²) in [6.07, 6.45) is 0. The standard InChI is InChI=1S/C16H17ClN2O5S2/c17-13-2-1-3-14(12-13)18-25(20,21)15-4-6-16(7-5-15)26(22,23)19-8-10-24-11-9-19/h1-7,12,18H,8-11H2. The number of ether oxygens (including phenoxy) is 1. The van der Waals surface area contributed by atoms with E-state index in [1.165, 1.54) is 34.6 Å². The van der Waals surface area contributed by atoms with E-state index in [9.17, 15) is 16.8 Å². The molecular weight excluding hydrogens is 400 g/mol. The Morgan fingerprint density at radius 3 is 2.15 bits per heavy atom. The molecule has 1 heterocycles. The highest BCUT2D eigenvalue weighted by molar-refractivity contribution is 7.92. The minimum absolute atomic E-state index is 0.0427. The molecule has 1 aliphatic heterocycles. The first-order chi connectivity index (χ1) is 12.3. The van der Waals surface area contributed by atoms with Crippen molar-refractivity contribution in [3.63, 3.8) is 0 Å². The first-order valence-corrected chi connectivity index (χ1v) is 11.1. The molecule has 0 amide bonds. The van der Waals surface area contributed by atoms with Gasteiger partial charge in [-0.2, -0.15) is 4.31 Å². The molecule has 1 saturated heterocycles. The Labute approximate surface area is 157 Å². The zero-order chi connectivity index (χ0) is 18.8. The second-order valence-electron chi connectivity index (χ2n) is 5.60. The molecule has 0 atom stereocenters. The number of benzene rings is 2. The highest BCUT2D eigenvalue weighted by atomic mass is 35.5. The Morgan fingerprint density at radius 2 is 1.54 bits per heavy atom. The highest BCUT2D eigenvalue weighted by Gasteiger charge is 2.26. The fourth-order valence-electron chi connectivity index (χ4n) is 2.49. The van der Waals surface area contributed by atoms with Crippen LogP contribution >= 0.6 is 11.6 Å². The number of sulfonamides is 2. The van der Waals surface area contributed by atoms with E-state index in [4.69, 9.17) is 16.3 Å². The second kappa shape index (κ2) is 7.53. The highest BCUT2D eigenvalue weighted by Crippen LogP contribution is 2.22. The molecule has 0 bridgehead atoms. The summed E-state index contributed by atoms with van der Waals surface area (Å²) in [4.78, 5) is -0.000455. The van der Waals surface area contributed by atoms with E-state index in [0.717, 1.165) is 0 Å². The lowest BCUT2D eigenvalue weighted by atomic mass is 10.3. The van der Waals surface area contributed by atoms with Gasteiger partial charge in [0.05, 0.1) is 28.7 Å². The number of nitrogens with zero attached hydrogens (tertiary/aromatic N) is 1. The topological polar surface area (TPSA) is 92.8 Å². The van der Waals surface area contributed by atoms with Crippen LogP contribution in [0.1, 0.15) is 0 Å². The predicted molar refractivity (Wildman–Crippen MR) is 98.3 cm³/mol. The number of nitrogens with one attached hydrogen (secondary N) is 1. The van der Waals surface area contributed by atoms with Gasteiger partial charge in [0.2, 0.25) is 10.0 Å². The first-order valence-electron chi connectivity index (χ1n) is 7.75. The fraction of sp³-hybridized carbons (Fsp3) is 0.250. The van der Waals surface area contributed by atoms with E-state index < -0.39 is 20.0 Å². The normalized spacial score (nSPS) is 16.3. The molecule has 1 fully saturated rings. The zero-order valence-corrected chi connectivity index (χ0v) is 16.0. The number of rotatable bonds is 5. The van der Waals surface area contributed by atoms with Crippen molar-refractivity contribution in [2.75, 3.05) is 31.0 Å².